The van der Waals surface area contributed by atoms with Crippen LogP contribution < -0.4 is 24.8 Å². The van der Waals surface area contributed by atoms with Gasteiger partial charge in [-0.05, 0) is 61.3 Å². The highest BCUT2D eigenvalue weighted by Crippen LogP contribution is 2.68. The van der Waals surface area contributed by atoms with Gasteiger partial charge >= 0.3 is 0 Å². The smallest absolute Gasteiger partial charge is 0.251 e. The molecule has 4 aliphatic heterocycles. The number of carbonyl (C=O) groups excluding carboxylic acids is 3. The number of carbonyl (C=O) groups is 3. The van der Waals surface area contributed by atoms with Gasteiger partial charge < -0.3 is 24.8 Å². The lowest BCUT2D eigenvalue weighted by atomic mass is 9.57. The van der Waals surface area contributed by atoms with Crippen LogP contribution in [0.1, 0.15) is 34.3 Å². The maximum absolute atomic E-state index is 14.9. The zero-order valence-electron chi connectivity index (χ0n) is 22.7. The van der Waals surface area contributed by atoms with Gasteiger partial charge in [0, 0.05) is 28.5 Å². The summed E-state index contributed by atoms with van der Waals surface area (Å²) in [4.78, 5) is 45.8. The van der Waals surface area contributed by atoms with Crippen LogP contribution in [0.25, 0.3) is 0 Å². The van der Waals surface area contributed by atoms with Gasteiger partial charge in [0.2, 0.25) is 11.7 Å². The Labute approximate surface area is 235 Å². The van der Waals surface area contributed by atoms with Crippen LogP contribution in [-0.4, -0.2) is 56.4 Å². The molecule has 4 aliphatic rings. The van der Waals surface area contributed by atoms with Gasteiger partial charge in [0.15, 0.2) is 17.3 Å². The molecule has 2 N–H and O–H groups in total. The Balaban J connectivity index is 1.55. The number of para-hydroxylation sites is 1. The highest BCUT2D eigenvalue weighted by Gasteiger charge is 2.81. The largest absolute Gasteiger partial charge is 0.493 e. The van der Waals surface area contributed by atoms with Crippen molar-refractivity contribution in [3.63, 3.8) is 0 Å². The number of anilines is 2. The van der Waals surface area contributed by atoms with Crippen LogP contribution in [-0.2, 0) is 20.5 Å². The minimum absolute atomic E-state index is 0.253. The van der Waals surface area contributed by atoms with Crippen LogP contribution in [0.5, 0.6) is 17.2 Å². The van der Waals surface area contributed by atoms with E-state index in [0.29, 0.717) is 59.1 Å². The van der Waals surface area contributed by atoms with Crippen molar-refractivity contribution in [1.82, 2.24) is 4.90 Å². The number of halogens is 1. The summed E-state index contributed by atoms with van der Waals surface area (Å²) in [6.07, 6.45) is 1.29. The van der Waals surface area contributed by atoms with E-state index in [9.17, 15) is 18.8 Å². The zero-order valence-corrected chi connectivity index (χ0v) is 22.7. The number of hydrogen-bond acceptors (Lipinski definition) is 7. The molecule has 2 spiro atoms. The first-order chi connectivity index (χ1) is 19.8. The molecule has 2 amide bonds. The number of fused-ring (bicyclic) bond motifs is 7. The Hall–Kier alpha value is -4.44. The van der Waals surface area contributed by atoms with E-state index in [1.54, 1.807) is 36.4 Å². The van der Waals surface area contributed by atoms with E-state index in [-0.39, 0.29) is 11.3 Å². The number of rotatable bonds is 5. The number of amides is 2. The molecule has 4 atom stereocenters. The van der Waals surface area contributed by atoms with Gasteiger partial charge in [-0.3, -0.25) is 19.3 Å². The molecule has 0 bridgehead atoms. The van der Waals surface area contributed by atoms with Crippen molar-refractivity contribution in [3.05, 3.63) is 77.1 Å². The number of nitrogens with zero attached hydrogens (tertiary/aromatic N) is 1. The van der Waals surface area contributed by atoms with Gasteiger partial charge in [0.05, 0.1) is 27.2 Å². The number of Topliss-reactive ketones (excluding diaryl/α,β-unsaturated/α-hetero) is 1. The molecule has 2 saturated heterocycles. The van der Waals surface area contributed by atoms with Crippen molar-refractivity contribution in [3.8, 4) is 17.2 Å². The number of ether oxygens (including phenoxy) is 3. The van der Waals surface area contributed by atoms with E-state index in [0.717, 1.165) is 0 Å². The van der Waals surface area contributed by atoms with Gasteiger partial charge in [-0.1, -0.05) is 18.2 Å². The molecule has 3 aromatic carbocycles. The standard InChI is InChI=1S/C31H28FN3O6/c1-39-23-13-16(14-24(40-2)27(23)41-3)26(36)25-22-9-6-12-35(22)31(19-15-17(32)10-11-21(19)34-29(31)38)30(25)18-7-4-5-8-20(18)33-28(30)37/h4-5,7-8,10-11,13-15,22,25H,6,9,12H2,1-3H3,(H,33,37)(H,34,38)/t22-,25-,30-,31-/m0/s1. The van der Waals surface area contributed by atoms with Crippen LogP contribution in [0.4, 0.5) is 15.8 Å². The minimum Gasteiger partial charge on any atom is -0.493 e. The number of methoxy groups -OCH3 is 3. The van der Waals surface area contributed by atoms with Gasteiger partial charge in [-0.2, -0.15) is 0 Å². The molecule has 7 rings (SSSR count). The van der Waals surface area contributed by atoms with Crippen molar-refractivity contribution in [2.45, 2.75) is 29.8 Å². The van der Waals surface area contributed by atoms with E-state index in [2.05, 4.69) is 10.6 Å². The summed E-state index contributed by atoms with van der Waals surface area (Å²) >= 11 is 0. The predicted octanol–water partition coefficient (Wildman–Crippen LogP) is 3.87. The fourth-order valence-corrected chi connectivity index (χ4v) is 7.95. The first kappa shape index (κ1) is 25.5. The monoisotopic (exact) mass is 557 g/mol. The quantitative estimate of drug-likeness (QED) is 0.459. The van der Waals surface area contributed by atoms with Gasteiger partial charge in [0.1, 0.15) is 16.8 Å². The second kappa shape index (κ2) is 8.78. The van der Waals surface area contributed by atoms with Crippen molar-refractivity contribution in [1.29, 1.82) is 0 Å². The molecule has 10 heteroatoms. The zero-order chi connectivity index (χ0) is 28.7. The second-order valence-electron chi connectivity index (χ2n) is 10.8. The summed E-state index contributed by atoms with van der Waals surface area (Å²) in [5, 5.41) is 5.90. The minimum atomic E-state index is -1.69. The SMILES string of the molecule is COc1cc(C(=O)[C@@H]2[C@@H]3CCCN3[C@@]3(C(=O)Nc4ccc(F)cc43)[C@]23C(=O)Nc2ccccc23)cc(OC)c1OC. The molecule has 210 valence electrons. The van der Waals surface area contributed by atoms with E-state index < -0.39 is 40.5 Å². The first-order valence-electron chi connectivity index (χ1n) is 13.5. The lowest BCUT2D eigenvalue weighted by Gasteiger charge is -2.43. The van der Waals surface area contributed by atoms with Crippen molar-refractivity contribution in [2.24, 2.45) is 5.92 Å². The van der Waals surface area contributed by atoms with Crippen LogP contribution >= 0.6 is 0 Å². The highest BCUT2D eigenvalue weighted by molar-refractivity contribution is 6.21. The summed E-state index contributed by atoms with van der Waals surface area (Å²) in [5.74, 6) is -1.86. The van der Waals surface area contributed by atoms with E-state index in [1.807, 2.05) is 4.90 Å². The molecule has 9 nitrogen and oxygen atoms in total. The third-order valence-corrected chi connectivity index (χ3v) is 9.29. The van der Waals surface area contributed by atoms with E-state index in [4.69, 9.17) is 14.2 Å². The summed E-state index contributed by atoms with van der Waals surface area (Å²) in [6.45, 7) is 0.463. The molecule has 4 heterocycles. The summed E-state index contributed by atoms with van der Waals surface area (Å²) in [6, 6.07) is 13.9. The number of ketones is 1. The molecule has 0 radical (unpaired) electrons. The molecule has 2 fully saturated rings. The fourth-order valence-electron chi connectivity index (χ4n) is 7.95. The third kappa shape index (κ3) is 2.95. The van der Waals surface area contributed by atoms with Gasteiger partial charge in [-0.25, -0.2) is 4.39 Å². The summed E-state index contributed by atoms with van der Waals surface area (Å²) in [7, 11) is 4.40. The van der Waals surface area contributed by atoms with Crippen molar-refractivity contribution >= 4 is 29.0 Å². The van der Waals surface area contributed by atoms with E-state index in [1.165, 1.54) is 39.5 Å². The van der Waals surface area contributed by atoms with Gasteiger partial charge in [-0.15, -0.1) is 0 Å². The summed E-state index contributed by atoms with van der Waals surface area (Å²) < 4.78 is 31.5. The number of benzene rings is 3. The van der Waals surface area contributed by atoms with Crippen molar-refractivity contribution in [2.75, 3.05) is 38.5 Å². The lowest BCUT2D eigenvalue weighted by molar-refractivity contribution is -0.137. The van der Waals surface area contributed by atoms with Crippen LogP contribution in [0.2, 0.25) is 0 Å². The fraction of sp³-hybridized carbons (Fsp3) is 0.323. The number of nitrogens with one attached hydrogen (secondary N) is 2. The highest BCUT2D eigenvalue weighted by atomic mass is 19.1. The third-order valence-electron chi connectivity index (χ3n) is 9.29. The Morgan fingerprint density at radius 2 is 1.59 bits per heavy atom. The molecular weight excluding hydrogens is 529 g/mol. The lowest BCUT2D eigenvalue weighted by Crippen LogP contribution is -2.62. The molecule has 0 saturated carbocycles. The second-order valence-corrected chi connectivity index (χ2v) is 10.8. The predicted molar refractivity (Wildman–Crippen MR) is 147 cm³/mol. The van der Waals surface area contributed by atoms with E-state index >= 15 is 0 Å². The maximum Gasteiger partial charge on any atom is 0.251 e. The van der Waals surface area contributed by atoms with Crippen LogP contribution in [0, 0.1) is 11.7 Å². The molecule has 0 aliphatic carbocycles. The Morgan fingerprint density at radius 3 is 2.29 bits per heavy atom. The first-order valence-corrected chi connectivity index (χ1v) is 13.5. The van der Waals surface area contributed by atoms with Gasteiger partial charge in [0.25, 0.3) is 5.91 Å². The van der Waals surface area contributed by atoms with Crippen LogP contribution in [0.15, 0.2) is 54.6 Å². The van der Waals surface area contributed by atoms with Crippen molar-refractivity contribution < 1.29 is 33.0 Å². The normalized spacial score (nSPS) is 27.4. The Kier molecular flexibility index (Phi) is 5.46. The average molecular weight is 558 g/mol. The Morgan fingerprint density at radius 1 is 0.902 bits per heavy atom. The Bertz CT molecular complexity index is 1630. The van der Waals surface area contributed by atoms with Crippen LogP contribution in [0.3, 0.4) is 0 Å². The molecule has 0 aromatic heterocycles. The maximum atomic E-state index is 14.9. The summed E-state index contributed by atoms with van der Waals surface area (Å²) in [5.41, 5.74) is -1.22. The molecule has 0 unspecified atom stereocenters. The topological polar surface area (TPSA) is 106 Å². The molecular formula is C31H28FN3O6. The molecule has 3 aromatic rings. The number of hydrogen-bond donors (Lipinski definition) is 2. The molecule has 41 heavy (non-hydrogen) atoms. The average Bonchev–Trinajstić information content (AvgIpc) is 3.70.